The molecule has 16 heavy (non-hydrogen) atoms. The van der Waals surface area contributed by atoms with E-state index in [1.807, 2.05) is 0 Å². The van der Waals surface area contributed by atoms with E-state index < -0.39 is 31.4 Å². The molecular formula is C8H12O6S2. The van der Waals surface area contributed by atoms with Crippen molar-refractivity contribution >= 4 is 20.2 Å². The van der Waals surface area contributed by atoms with Crippen molar-refractivity contribution < 1.29 is 25.9 Å². The molecule has 0 radical (unpaired) electrons. The first-order chi connectivity index (χ1) is 7.03. The summed E-state index contributed by atoms with van der Waals surface area (Å²) in [6, 6.07) is 0. The molecule has 8 heteroatoms. The molecule has 0 aromatic rings. The van der Waals surface area contributed by atoms with E-state index in [0.29, 0.717) is 0 Å². The topological polar surface area (TPSA) is 109 Å². The minimum absolute atomic E-state index is 0.100. The summed E-state index contributed by atoms with van der Waals surface area (Å²) < 4.78 is 61.6. The Morgan fingerprint density at radius 3 is 2.00 bits per heavy atom. The molecule has 92 valence electrons. The Bertz CT molecular complexity index is 551. The van der Waals surface area contributed by atoms with E-state index in [9.17, 15) is 16.8 Å². The van der Waals surface area contributed by atoms with Crippen LogP contribution in [0.4, 0.5) is 0 Å². The van der Waals surface area contributed by atoms with E-state index in [1.54, 1.807) is 0 Å². The first kappa shape index (κ1) is 13.4. The molecule has 0 aromatic carbocycles. The largest absolute Gasteiger partial charge is 0.294 e. The van der Waals surface area contributed by atoms with Crippen LogP contribution in [0, 0.1) is 5.92 Å². The lowest BCUT2D eigenvalue weighted by atomic mass is 9.98. The number of rotatable bonds is 2. The van der Waals surface area contributed by atoms with Crippen LogP contribution in [0.25, 0.3) is 0 Å². The Morgan fingerprint density at radius 1 is 1.12 bits per heavy atom. The second-order valence-corrected chi connectivity index (χ2v) is 6.66. The number of hydrogen-bond acceptors (Lipinski definition) is 4. The average Bonchev–Trinajstić information content (AvgIpc) is 2.04. The Kier molecular flexibility index (Phi) is 3.30. The van der Waals surface area contributed by atoms with Gasteiger partial charge in [-0.2, -0.15) is 16.8 Å². The molecule has 0 saturated carbocycles. The second-order valence-electron chi connectivity index (χ2n) is 3.69. The maximum absolute atomic E-state index is 11.0. The molecule has 0 aromatic heterocycles. The van der Waals surface area contributed by atoms with Crippen LogP contribution in [0.3, 0.4) is 0 Å². The van der Waals surface area contributed by atoms with Crippen molar-refractivity contribution in [3.8, 4) is 0 Å². The molecule has 0 bridgehead atoms. The van der Waals surface area contributed by atoms with Crippen LogP contribution in [0.5, 0.6) is 0 Å². The van der Waals surface area contributed by atoms with Crippen molar-refractivity contribution in [3.05, 3.63) is 22.6 Å². The summed E-state index contributed by atoms with van der Waals surface area (Å²) >= 11 is 0. The van der Waals surface area contributed by atoms with Gasteiger partial charge in [-0.05, 0) is 18.4 Å². The predicted molar refractivity (Wildman–Crippen MR) is 57.9 cm³/mol. The Labute approximate surface area is 94.2 Å². The average molecular weight is 268 g/mol. The summed E-state index contributed by atoms with van der Waals surface area (Å²) in [5.74, 6) is -0.726. The highest BCUT2D eigenvalue weighted by molar-refractivity contribution is 7.90. The van der Waals surface area contributed by atoms with Crippen LogP contribution in [0.1, 0.15) is 13.8 Å². The van der Waals surface area contributed by atoms with Gasteiger partial charge in [0, 0.05) is 0 Å². The zero-order valence-electron chi connectivity index (χ0n) is 8.65. The molecule has 6 nitrogen and oxygen atoms in total. The fourth-order valence-corrected chi connectivity index (χ4v) is 3.45. The fraction of sp³-hybridized carbons (Fsp3) is 0.500. The fourth-order valence-electron chi connectivity index (χ4n) is 1.59. The summed E-state index contributed by atoms with van der Waals surface area (Å²) in [4.78, 5) is -0.320. The van der Waals surface area contributed by atoms with Gasteiger partial charge in [0.15, 0.2) is 0 Å². The molecule has 0 spiro atoms. The van der Waals surface area contributed by atoms with Crippen LogP contribution in [-0.2, 0) is 20.2 Å². The highest BCUT2D eigenvalue weighted by atomic mass is 32.2. The lowest BCUT2D eigenvalue weighted by Gasteiger charge is -2.22. The minimum Gasteiger partial charge on any atom is -0.285 e. The van der Waals surface area contributed by atoms with Gasteiger partial charge in [-0.3, -0.25) is 9.11 Å². The molecule has 0 aliphatic heterocycles. The summed E-state index contributed by atoms with van der Waals surface area (Å²) in [6.07, 6.45) is 2.23. The number of allylic oxidation sites excluding steroid dienone is 2. The van der Waals surface area contributed by atoms with Crippen LogP contribution >= 0.6 is 0 Å². The SMILES string of the molecule is CC1=CC(S(=O)(=O)O)C(C)C=C1S(=O)(=O)O. The lowest BCUT2D eigenvalue weighted by molar-refractivity contribution is 0.461. The van der Waals surface area contributed by atoms with E-state index in [0.717, 1.165) is 12.2 Å². The van der Waals surface area contributed by atoms with Crippen molar-refractivity contribution in [2.45, 2.75) is 19.1 Å². The quantitative estimate of drug-likeness (QED) is 0.710. The molecule has 2 atom stereocenters. The summed E-state index contributed by atoms with van der Waals surface area (Å²) in [6.45, 7) is 2.79. The smallest absolute Gasteiger partial charge is 0.285 e. The Morgan fingerprint density at radius 2 is 1.62 bits per heavy atom. The summed E-state index contributed by atoms with van der Waals surface area (Å²) in [5, 5.41) is -1.18. The van der Waals surface area contributed by atoms with Gasteiger partial charge >= 0.3 is 0 Å². The molecule has 1 aliphatic rings. The molecular weight excluding hydrogens is 256 g/mol. The zero-order valence-corrected chi connectivity index (χ0v) is 10.3. The third kappa shape index (κ3) is 2.70. The molecule has 2 N–H and O–H groups in total. The minimum atomic E-state index is -4.36. The van der Waals surface area contributed by atoms with Gasteiger partial charge in [0.05, 0.1) is 4.91 Å². The van der Waals surface area contributed by atoms with Crippen molar-refractivity contribution in [2.24, 2.45) is 5.92 Å². The maximum atomic E-state index is 11.0. The van der Waals surface area contributed by atoms with Gasteiger partial charge in [-0.1, -0.05) is 19.1 Å². The highest BCUT2D eigenvalue weighted by Gasteiger charge is 2.32. The zero-order chi connectivity index (χ0) is 12.7. The van der Waals surface area contributed by atoms with Gasteiger partial charge in [-0.15, -0.1) is 0 Å². The van der Waals surface area contributed by atoms with E-state index in [1.165, 1.54) is 13.8 Å². The van der Waals surface area contributed by atoms with Gasteiger partial charge in [0.1, 0.15) is 5.25 Å². The van der Waals surface area contributed by atoms with Gasteiger partial charge in [0.2, 0.25) is 0 Å². The molecule has 0 fully saturated rings. The van der Waals surface area contributed by atoms with Gasteiger partial charge in [-0.25, -0.2) is 0 Å². The van der Waals surface area contributed by atoms with E-state index in [-0.39, 0.29) is 10.5 Å². The second kappa shape index (κ2) is 3.95. The van der Waals surface area contributed by atoms with E-state index in [4.69, 9.17) is 9.11 Å². The predicted octanol–water partition coefficient (Wildman–Crippen LogP) is 0.611. The molecule has 2 unspecified atom stereocenters. The molecule has 0 amide bonds. The third-order valence-electron chi connectivity index (χ3n) is 2.36. The molecule has 1 rings (SSSR count). The molecule has 0 saturated heterocycles. The van der Waals surface area contributed by atoms with Gasteiger partial charge in [0.25, 0.3) is 20.2 Å². The van der Waals surface area contributed by atoms with Crippen LogP contribution < -0.4 is 0 Å². The Balaban J connectivity index is 3.27. The van der Waals surface area contributed by atoms with E-state index in [2.05, 4.69) is 0 Å². The summed E-state index contributed by atoms with van der Waals surface area (Å²) in [5.41, 5.74) is 0.100. The van der Waals surface area contributed by atoms with Crippen LogP contribution in [0.2, 0.25) is 0 Å². The van der Waals surface area contributed by atoms with E-state index >= 15 is 0 Å². The summed E-state index contributed by atoms with van der Waals surface area (Å²) in [7, 11) is -8.63. The van der Waals surface area contributed by atoms with Crippen molar-refractivity contribution in [1.82, 2.24) is 0 Å². The third-order valence-corrected chi connectivity index (χ3v) is 4.62. The van der Waals surface area contributed by atoms with Crippen LogP contribution in [-0.4, -0.2) is 31.2 Å². The lowest BCUT2D eigenvalue weighted by Crippen LogP contribution is -2.28. The van der Waals surface area contributed by atoms with Crippen molar-refractivity contribution in [3.63, 3.8) is 0 Å². The Hall–Kier alpha value is -0.700. The first-order valence-corrected chi connectivity index (χ1v) is 7.32. The normalized spacial score (nSPS) is 27.2. The molecule has 0 heterocycles. The maximum Gasteiger partial charge on any atom is 0.294 e. The standard InChI is InChI=1S/C8H12O6S2/c1-5-3-8(16(12,13)14)6(2)4-7(5)15(9,10)11/h3-5,7H,1-2H3,(H,9,10,11)(H,12,13,14). The highest BCUT2D eigenvalue weighted by Crippen LogP contribution is 2.29. The monoisotopic (exact) mass is 268 g/mol. The molecule has 1 aliphatic carbocycles. The van der Waals surface area contributed by atoms with Crippen LogP contribution in [0.15, 0.2) is 22.6 Å². The van der Waals surface area contributed by atoms with Crippen molar-refractivity contribution in [1.29, 1.82) is 0 Å². The van der Waals surface area contributed by atoms with Gasteiger partial charge < -0.3 is 0 Å². The first-order valence-electron chi connectivity index (χ1n) is 4.38. The number of hydrogen-bond donors (Lipinski definition) is 2. The van der Waals surface area contributed by atoms with Crippen molar-refractivity contribution in [2.75, 3.05) is 0 Å².